The van der Waals surface area contributed by atoms with E-state index in [9.17, 15) is 10.2 Å². The third-order valence-electron chi connectivity index (χ3n) is 8.05. The van der Waals surface area contributed by atoms with Crippen LogP contribution in [0.2, 0.25) is 0 Å². The normalized spacial score (nSPS) is 12.8. The van der Waals surface area contributed by atoms with E-state index in [-0.39, 0.29) is 26.4 Å². The Morgan fingerprint density at radius 2 is 0.667 bits per heavy atom. The van der Waals surface area contributed by atoms with E-state index in [1.165, 1.54) is 11.1 Å². The highest BCUT2D eigenvalue weighted by Gasteiger charge is 2.28. The monoisotopic (exact) mass is 1210 g/mol. The lowest BCUT2D eigenvalue weighted by Gasteiger charge is -2.28. The maximum atomic E-state index is 10.7. The van der Waals surface area contributed by atoms with Gasteiger partial charge in [0.1, 0.15) is 61.6 Å². The summed E-state index contributed by atoms with van der Waals surface area (Å²) in [5.74, 6) is 2.43. The van der Waals surface area contributed by atoms with Gasteiger partial charge < -0.3 is 29.2 Å². The van der Waals surface area contributed by atoms with Gasteiger partial charge in [-0.15, -0.1) is 0 Å². The van der Waals surface area contributed by atoms with Crippen LogP contribution in [0.4, 0.5) is 0 Å². The summed E-state index contributed by atoms with van der Waals surface area (Å²) in [6.45, 7) is 8.62. The fourth-order valence-corrected chi connectivity index (χ4v) is 10.9. The van der Waals surface area contributed by atoms with Gasteiger partial charge in [-0.3, -0.25) is 0 Å². The van der Waals surface area contributed by atoms with Gasteiger partial charge in [-0.2, -0.15) is 0 Å². The van der Waals surface area contributed by atoms with Crippen molar-refractivity contribution in [3.63, 3.8) is 0 Å². The van der Waals surface area contributed by atoms with E-state index < -0.39 is 17.6 Å². The number of aliphatic hydroxyl groups excluding tert-OH is 2. The maximum absolute atomic E-state index is 10.7. The Balaban J connectivity index is 1.38. The van der Waals surface area contributed by atoms with Crippen molar-refractivity contribution >= 4 is 127 Å². The molecule has 6 nitrogen and oxygen atoms in total. The Labute approximate surface area is 366 Å². The van der Waals surface area contributed by atoms with Crippen LogP contribution in [0, 0.1) is 0 Å². The molecule has 4 rings (SSSR count). The molecule has 0 radical (unpaired) electrons. The van der Waals surface area contributed by atoms with Gasteiger partial charge in [0.25, 0.3) is 0 Å². The number of aryl methyl sites for hydroxylation is 2. The highest BCUT2D eigenvalue weighted by atomic mass is 79.9. The van der Waals surface area contributed by atoms with Crippen molar-refractivity contribution in [3.8, 4) is 23.0 Å². The average molecular weight is 1220 g/mol. The smallest absolute Gasteiger partial charge is 0.147 e. The SMILES string of the molecule is CCc1cc(Br)c(OCC(O)COc2c(Br)cc(C(C)(C)c3cc(Br)c(OCC(O)COc4c(Br)cc(CC)cc4Br)c(Br)c3)cc2Br)c(Br)c1. The first-order valence-corrected chi connectivity index (χ1v) is 22.2. The second kappa shape index (κ2) is 19.6. The van der Waals surface area contributed by atoms with E-state index in [0.29, 0.717) is 23.0 Å². The lowest BCUT2D eigenvalue weighted by atomic mass is 9.78. The van der Waals surface area contributed by atoms with E-state index in [4.69, 9.17) is 18.9 Å². The molecule has 0 aliphatic rings. The molecule has 0 saturated carbocycles. The first kappa shape index (κ1) is 43.6. The molecule has 4 aromatic carbocycles. The molecule has 0 aromatic heterocycles. The summed E-state index contributed by atoms with van der Waals surface area (Å²) in [6.07, 6.45) is 0.0756. The number of rotatable bonds is 16. The van der Waals surface area contributed by atoms with E-state index in [2.05, 4.69) is 155 Å². The first-order valence-electron chi connectivity index (χ1n) is 15.9. The number of benzene rings is 4. The van der Waals surface area contributed by atoms with Crippen molar-refractivity contribution < 1.29 is 29.2 Å². The lowest BCUT2D eigenvalue weighted by molar-refractivity contribution is 0.0616. The van der Waals surface area contributed by atoms with Gasteiger partial charge in [0, 0.05) is 5.41 Å². The van der Waals surface area contributed by atoms with Crippen LogP contribution in [0.15, 0.2) is 84.3 Å². The van der Waals surface area contributed by atoms with Gasteiger partial charge >= 0.3 is 0 Å². The molecular formula is C37H36Br8O6. The summed E-state index contributed by atoms with van der Waals surface area (Å²) in [6, 6.07) is 16.1. The van der Waals surface area contributed by atoms with Crippen LogP contribution >= 0.6 is 127 Å². The van der Waals surface area contributed by atoms with Crippen LogP contribution < -0.4 is 18.9 Å². The van der Waals surface area contributed by atoms with Crippen LogP contribution in [0.3, 0.4) is 0 Å². The van der Waals surface area contributed by atoms with Crippen LogP contribution in [0.1, 0.15) is 49.9 Å². The lowest BCUT2D eigenvalue weighted by Crippen LogP contribution is -2.26. The van der Waals surface area contributed by atoms with Gasteiger partial charge in [0.05, 0.1) is 35.8 Å². The molecule has 2 atom stereocenters. The Bertz CT molecular complexity index is 1630. The zero-order valence-electron chi connectivity index (χ0n) is 28.1. The van der Waals surface area contributed by atoms with E-state index >= 15 is 0 Å². The zero-order valence-corrected chi connectivity index (χ0v) is 40.8. The van der Waals surface area contributed by atoms with Crippen LogP contribution in [-0.2, 0) is 18.3 Å². The number of hydrogen-bond acceptors (Lipinski definition) is 6. The number of hydrogen-bond donors (Lipinski definition) is 2. The quantitative estimate of drug-likeness (QED) is 0.116. The second-order valence-corrected chi connectivity index (χ2v) is 19.0. The summed E-state index contributed by atoms with van der Waals surface area (Å²) in [4.78, 5) is 0. The summed E-state index contributed by atoms with van der Waals surface area (Å²) >= 11 is 29.0. The number of ether oxygens (including phenoxy) is 4. The van der Waals surface area contributed by atoms with E-state index in [0.717, 1.165) is 59.8 Å². The Morgan fingerprint density at radius 1 is 0.451 bits per heavy atom. The predicted octanol–water partition coefficient (Wildman–Crippen LogP) is 12.9. The Kier molecular flexibility index (Phi) is 16.8. The largest absolute Gasteiger partial charge is 0.488 e. The molecule has 0 aliphatic heterocycles. The molecule has 14 heteroatoms. The molecule has 0 amide bonds. The summed E-state index contributed by atoms with van der Waals surface area (Å²) in [5, 5.41) is 21.3. The third kappa shape index (κ3) is 11.4. The first-order chi connectivity index (χ1) is 24.0. The molecule has 276 valence electrons. The van der Waals surface area contributed by atoms with Crippen LogP contribution in [0.25, 0.3) is 0 Å². The highest BCUT2D eigenvalue weighted by Crippen LogP contribution is 2.44. The molecule has 0 fully saturated rings. The fraction of sp³-hybridized carbons (Fsp3) is 0.351. The van der Waals surface area contributed by atoms with Crippen molar-refractivity contribution in [3.05, 3.63) is 107 Å². The zero-order chi connectivity index (χ0) is 37.6. The van der Waals surface area contributed by atoms with Crippen molar-refractivity contribution in [1.29, 1.82) is 0 Å². The molecule has 0 spiro atoms. The third-order valence-corrected chi connectivity index (χ3v) is 12.8. The van der Waals surface area contributed by atoms with Gasteiger partial charge in [-0.1, -0.05) is 27.7 Å². The number of aliphatic hydroxyl groups is 2. The van der Waals surface area contributed by atoms with Crippen LogP contribution in [-0.4, -0.2) is 48.8 Å². The molecule has 51 heavy (non-hydrogen) atoms. The average Bonchev–Trinajstić information content (AvgIpc) is 3.06. The fourth-order valence-electron chi connectivity index (χ4n) is 5.01. The van der Waals surface area contributed by atoms with Crippen molar-refractivity contribution in [1.82, 2.24) is 0 Å². The molecule has 0 saturated heterocycles. The van der Waals surface area contributed by atoms with Crippen LogP contribution in [0.5, 0.6) is 23.0 Å². The molecule has 0 bridgehead atoms. The summed E-state index contributed by atoms with van der Waals surface area (Å²) < 4.78 is 30.1. The van der Waals surface area contributed by atoms with Gasteiger partial charge in [-0.05, 0) is 211 Å². The van der Waals surface area contributed by atoms with Crippen molar-refractivity contribution in [2.75, 3.05) is 26.4 Å². The molecule has 2 unspecified atom stereocenters. The second-order valence-electron chi connectivity index (χ2n) is 12.2. The topological polar surface area (TPSA) is 77.4 Å². The van der Waals surface area contributed by atoms with Gasteiger partial charge in [0.15, 0.2) is 0 Å². The molecule has 0 aliphatic carbocycles. The van der Waals surface area contributed by atoms with Crippen molar-refractivity contribution in [2.45, 2.75) is 58.2 Å². The molecule has 4 aromatic rings. The number of halogens is 8. The standard InChI is InChI=1S/C37H36Br8O6/c1-5-19-7-25(38)33(26(39)8-19)48-15-23(46)17-50-35-29(42)11-21(12-30(35)43)37(3,4)22-13-31(44)36(32(45)14-22)51-18-24(47)16-49-34-27(40)9-20(6-2)10-28(34)41/h7-14,23-24,46-47H,5-6,15-18H2,1-4H3. The van der Waals surface area contributed by atoms with E-state index in [1.54, 1.807) is 0 Å². The molecule has 2 N–H and O–H groups in total. The molecular weight excluding hydrogens is 1180 g/mol. The summed E-state index contributed by atoms with van der Waals surface area (Å²) in [5.41, 5.74) is 3.95. The minimum atomic E-state index is -0.865. The Morgan fingerprint density at radius 3 is 0.882 bits per heavy atom. The highest BCUT2D eigenvalue weighted by molar-refractivity contribution is 9.12. The van der Waals surface area contributed by atoms with E-state index in [1.807, 2.05) is 48.5 Å². The molecule has 0 heterocycles. The van der Waals surface area contributed by atoms with Gasteiger partial charge in [0.2, 0.25) is 0 Å². The maximum Gasteiger partial charge on any atom is 0.147 e. The summed E-state index contributed by atoms with van der Waals surface area (Å²) in [7, 11) is 0. The van der Waals surface area contributed by atoms with Gasteiger partial charge in [-0.25, -0.2) is 0 Å². The van der Waals surface area contributed by atoms with Crippen molar-refractivity contribution in [2.24, 2.45) is 0 Å². The predicted molar refractivity (Wildman–Crippen MR) is 232 cm³/mol. The Hall–Kier alpha value is -0.160. The minimum absolute atomic E-state index is 0.0333. The minimum Gasteiger partial charge on any atom is -0.488 e.